The summed E-state index contributed by atoms with van der Waals surface area (Å²) < 4.78 is 48.8. The molecule has 1 atom stereocenters. The second-order valence-electron chi connectivity index (χ2n) is 7.06. The van der Waals surface area contributed by atoms with Crippen molar-refractivity contribution in [3.8, 4) is 0 Å². The molecule has 2 fully saturated rings. The van der Waals surface area contributed by atoms with Gasteiger partial charge in [0.1, 0.15) is 5.60 Å². The minimum absolute atomic E-state index is 0.126. The molecule has 174 valence electrons. The Morgan fingerprint density at radius 1 is 1.09 bits per heavy atom. The van der Waals surface area contributed by atoms with Gasteiger partial charge in [0.2, 0.25) is 5.95 Å². The van der Waals surface area contributed by atoms with E-state index >= 15 is 0 Å². The number of carboxylic acid groups (broad SMARTS) is 1. The lowest BCUT2D eigenvalue weighted by Crippen LogP contribution is -2.60. The van der Waals surface area contributed by atoms with Crippen LogP contribution in [-0.2, 0) is 14.3 Å². The third-order valence-electron chi connectivity index (χ3n) is 4.69. The maximum Gasteiger partial charge on any atom is 0.490 e. The SMILES string of the molecule is O=C(O)C(F)(F)F.O=C(c1ccco1)N1CCOC2(COCCN(c3ncccn3)C2)C1. The van der Waals surface area contributed by atoms with E-state index in [0.717, 1.165) is 0 Å². The molecule has 2 aromatic heterocycles. The van der Waals surface area contributed by atoms with E-state index in [1.807, 2.05) is 4.90 Å². The summed E-state index contributed by atoms with van der Waals surface area (Å²) in [4.78, 5) is 34.0. The molecule has 1 N–H and O–H groups in total. The Kier molecular flexibility index (Phi) is 7.30. The van der Waals surface area contributed by atoms with Crippen LogP contribution in [0.15, 0.2) is 41.3 Å². The normalized spacial score (nSPS) is 21.5. The summed E-state index contributed by atoms with van der Waals surface area (Å²) >= 11 is 0. The lowest BCUT2D eigenvalue weighted by molar-refractivity contribution is -0.192. The summed E-state index contributed by atoms with van der Waals surface area (Å²) in [6.07, 6.45) is -0.142. The number of carboxylic acids is 1. The fourth-order valence-electron chi connectivity index (χ4n) is 3.29. The van der Waals surface area contributed by atoms with E-state index in [1.54, 1.807) is 35.5 Å². The first-order valence-corrected chi connectivity index (χ1v) is 9.57. The Morgan fingerprint density at radius 2 is 1.81 bits per heavy atom. The molecule has 0 aliphatic carbocycles. The molecule has 4 heterocycles. The summed E-state index contributed by atoms with van der Waals surface area (Å²) in [5.41, 5.74) is -0.601. The number of carbonyl (C=O) groups excluding carboxylic acids is 1. The van der Waals surface area contributed by atoms with E-state index in [2.05, 4.69) is 9.97 Å². The number of nitrogens with zero attached hydrogens (tertiary/aromatic N) is 4. The third-order valence-corrected chi connectivity index (χ3v) is 4.69. The van der Waals surface area contributed by atoms with Gasteiger partial charge in [0.05, 0.1) is 39.2 Å². The number of hydrogen-bond donors (Lipinski definition) is 1. The molecular weight excluding hydrogens is 437 g/mol. The number of alkyl halides is 3. The number of anilines is 1. The highest BCUT2D eigenvalue weighted by Gasteiger charge is 2.42. The van der Waals surface area contributed by atoms with Crippen molar-refractivity contribution in [2.75, 3.05) is 50.9 Å². The maximum atomic E-state index is 12.6. The number of ether oxygens (including phenoxy) is 2. The fraction of sp³-hybridized carbons (Fsp3) is 0.474. The third kappa shape index (κ3) is 5.95. The van der Waals surface area contributed by atoms with E-state index in [4.69, 9.17) is 23.8 Å². The summed E-state index contributed by atoms with van der Waals surface area (Å²) in [6, 6.07) is 5.18. The Morgan fingerprint density at radius 3 is 2.44 bits per heavy atom. The zero-order valence-electron chi connectivity index (χ0n) is 16.8. The summed E-state index contributed by atoms with van der Waals surface area (Å²) in [7, 11) is 0. The highest BCUT2D eigenvalue weighted by Crippen LogP contribution is 2.25. The highest BCUT2D eigenvalue weighted by atomic mass is 19.4. The molecule has 0 aromatic carbocycles. The van der Waals surface area contributed by atoms with Gasteiger partial charge in [-0.15, -0.1) is 0 Å². The number of amides is 1. The first kappa shape index (κ1) is 23.5. The first-order valence-electron chi connectivity index (χ1n) is 9.57. The Hall–Kier alpha value is -3.19. The smallest absolute Gasteiger partial charge is 0.475 e. The topological polar surface area (TPSA) is 118 Å². The molecule has 13 heteroatoms. The van der Waals surface area contributed by atoms with Gasteiger partial charge in [-0.1, -0.05) is 0 Å². The molecule has 2 aliphatic rings. The lowest BCUT2D eigenvalue weighted by atomic mass is 10.0. The quantitative estimate of drug-likeness (QED) is 0.713. The van der Waals surface area contributed by atoms with Gasteiger partial charge in [-0.3, -0.25) is 4.79 Å². The molecule has 0 radical (unpaired) electrons. The maximum absolute atomic E-state index is 12.6. The van der Waals surface area contributed by atoms with Gasteiger partial charge in [0, 0.05) is 25.5 Å². The molecule has 32 heavy (non-hydrogen) atoms. The van der Waals surface area contributed by atoms with Gasteiger partial charge in [-0.25, -0.2) is 14.8 Å². The zero-order chi connectivity index (χ0) is 23.2. The van der Waals surface area contributed by atoms with Crippen molar-refractivity contribution in [3.63, 3.8) is 0 Å². The Labute approximate surface area is 180 Å². The van der Waals surface area contributed by atoms with Gasteiger partial charge >= 0.3 is 12.1 Å². The van der Waals surface area contributed by atoms with E-state index in [9.17, 15) is 18.0 Å². The van der Waals surface area contributed by atoms with Crippen LogP contribution in [0.5, 0.6) is 0 Å². The van der Waals surface area contributed by atoms with Gasteiger partial charge in [0.25, 0.3) is 5.91 Å². The second-order valence-corrected chi connectivity index (χ2v) is 7.06. The lowest BCUT2D eigenvalue weighted by Gasteiger charge is -2.43. The minimum atomic E-state index is -5.08. The molecular formula is C19H21F3N4O6. The van der Waals surface area contributed by atoms with Crippen molar-refractivity contribution in [1.82, 2.24) is 14.9 Å². The highest BCUT2D eigenvalue weighted by molar-refractivity contribution is 5.91. The van der Waals surface area contributed by atoms with Crippen LogP contribution in [0.2, 0.25) is 0 Å². The number of rotatable bonds is 2. The second kappa shape index (κ2) is 9.96. The van der Waals surface area contributed by atoms with Crippen LogP contribution < -0.4 is 4.90 Å². The van der Waals surface area contributed by atoms with E-state index in [0.29, 0.717) is 57.7 Å². The van der Waals surface area contributed by atoms with Gasteiger partial charge < -0.3 is 28.8 Å². The van der Waals surface area contributed by atoms with E-state index in [1.165, 1.54) is 6.26 Å². The average Bonchev–Trinajstić information content (AvgIpc) is 3.23. The van der Waals surface area contributed by atoms with Crippen LogP contribution in [0.3, 0.4) is 0 Å². The van der Waals surface area contributed by atoms with Crippen LogP contribution in [-0.4, -0.2) is 89.6 Å². The molecule has 0 saturated carbocycles. The molecule has 0 bridgehead atoms. The van der Waals surface area contributed by atoms with E-state index in [-0.39, 0.29) is 5.91 Å². The molecule has 2 saturated heterocycles. The van der Waals surface area contributed by atoms with Crippen molar-refractivity contribution in [2.45, 2.75) is 11.8 Å². The Balaban J connectivity index is 0.000000360. The molecule has 2 aromatic rings. The number of morpholine rings is 1. The number of carbonyl (C=O) groups is 2. The van der Waals surface area contributed by atoms with Crippen LogP contribution in [0.1, 0.15) is 10.6 Å². The molecule has 4 rings (SSSR count). The molecule has 10 nitrogen and oxygen atoms in total. The van der Waals surface area contributed by atoms with E-state index < -0.39 is 17.7 Å². The number of furan rings is 1. The molecule has 1 amide bonds. The Bertz CT molecular complexity index is 896. The zero-order valence-corrected chi connectivity index (χ0v) is 16.8. The largest absolute Gasteiger partial charge is 0.490 e. The standard InChI is InChI=1S/C17H20N4O4.C2HF3O2/c22-15(14-3-1-8-24-14)20-7-10-25-17(11-20)12-21(6-9-23-13-17)16-18-4-2-5-19-16;3-2(4,5)1(6)7/h1-5,8H,6-7,9-13H2;(H,6,7). The predicted octanol–water partition coefficient (Wildman–Crippen LogP) is 1.45. The van der Waals surface area contributed by atoms with Crippen molar-refractivity contribution in [1.29, 1.82) is 0 Å². The molecule has 1 spiro atoms. The number of halogens is 3. The van der Waals surface area contributed by atoms with Gasteiger partial charge in [0.15, 0.2) is 5.76 Å². The fourth-order valence-corrected chi connectivity index (χ4v) is 3.29. The van der Waals surface area contributed by atoms with Crippen LogP contribution >= 0.6 is 0 Å². The summed E-state index contributed by atoms with van der Waals surface area (Å²) in [5.74, 6) is -1.90. The summed E-state index contributed by atoms with van der Waals surface area (Å²) in [5, 5.41) is 7.12. The average molecular weight is 458 g/mol. The minimum Gasteiger partial charge on any atom is -0.475 e. The van der Waals surface area contributed by atoms with Crippen molar-refractivity contribution < 1.29 is 41.8 Å². The van der Waals surface area contributed by atoms with Crippen LogP contribution in [0.25, 0.3) is 0 Å². The van der Waals surface area contributed by atoms with Gasteiger partial charge in [-0.05, 0) is 18.2 Å². The predicted molar refractivity (Wildman–Crippen MR) is 102 cm³/mol. The number of aliphatic carboxylic acids is 1. The van der Waals surface area contributed by atoms with Crippen molar-refractivity contribution in [2.24, 2.45) is 0 Å². The monoisotopic (exact) mass is 458 g/mol. The van der Waals surface area contributed by atoms with Crippen LogP contribution in [0, 0.1) is 0 Å². The summed E-state index contributed by atoms with van der Waals surface area (Å²) in [6.45, 7) is 3.67. The molecule has 2 aliphatic heterocycles. The van der Waals surface area contributed by atoms with Gasteiger partial charge in [-0.2, -0.15) is 13.2 Å². The van der Waals surface area contributed by atoms with Crippen molar-refractivity contribution in [3.05, 3.63) is 42.6 Å². The van der Waals surface area contributed by atoms with Crippen molar-refractivity contribution >= 4 is 17.8 Å². The molecule has 1 unspecified atom stereocenters. The number of hydrogen-bond acceptors (Lipinski definition) is 8. The van der Waals surface area contributed by atoms with Crippen LogP contribution in [0.4, 0.5) is 19.1 Å². The first-order chi connectivity index (χ1) is 15.2. The number of aromatic nitrogens is 2.